The fourth-order valence-corrected chi connectivity index (χ4v) is 1.97. The Morgan fingerprint density at radius 3 is 2.11 bits per heavy atom. The van der Waals surface area contributed by atoms with Crippen molar-refractivity contribution in [2.75, 3.05) is 0 Å². The van der Waals surface area contributed by atoms with Crippen molar-refractivity contribution in [3.8, 4) is 0 Å². The fraction of sp³-hybridized carbons (Fsp3) is 0.133. The van der Waals surface area contributed by atoms with Crippen LogP contribution >= 0.6 is 0 Å². The Morgan fingerprint density at radius 1 is 0.895 bits per heavy atom. The maximum atomic E-state index is 12.9. The highest BCUT2D eigenvalue weighted by Crippen LogP contribution is 2.33. The lowest BCUT2D eigenvalue weighted by atomic mass is 9.96. The molecule has 0 unspecified atom stereocenters. The fourth-order valence-electron chi connectivity index (χ4n) is 1.97. The zero-order chi connectivity index (χ0) is 13.9. The first kappa shape index (κ1) is 13.3. The Balaban J connectivity index is 2.42. The molecule has 0 spiro atoms. The maximum Gasteiger partial charge on any atom is 0.416 e. The van der Waals surface area contributed by atoms with E-state index in [4.69, 9.17) is 0 Å². The van der Waals surface area contributed by atoms with Gasteiger partial charge in [-0.05, 0) is 23.6 Å². The van der Waals surface area contributed by atoms with Gasteiger partial charge in [0.2, 0.25) is 0 Å². The van der Waals surface area contributed by atoms with Crippen LogP contribution in [0.3, 0.4) is 0 Å². The zero-order valence-electron chi connectivity index (χ0n) is 9.95. The molecular weight excluding hydrogens is 253 g/mol. The van der Waals surface area contributed by atoms with E-state index in [1.54, 1.807) is 30.3 Å². The van der Waals surface area contributed by atoms with Crippen molar-refractivity contribution < 1.29 is 18.0 Å². The quantitative estimate of drug-likeness (QED) is 0.762. The summed E-state index contributed by atoms with van der Waals surface area (Å²) in [6, 6.07) is 12.1. The molecule has 0 heterocycles. The summed E-state index contributed by atoms with van der Waals surface area (Å²) in [5, 5.41) is 0. The van der Waals surface area contributed by atoms with Crippen molar-refractivity contribution in [3.63, 3.8) is 0 Å². The SMILES string of the molecule is O=Cc1ccccc1Cc1ccccc1C(F)(F)F. The summed E-state index contributed by atoms with van der Waals surface area (Å²) in [6.07, 6.45) is -3.64. The Kier molecular flexibility index (Phi) is 3.69. The largest absolute Gasteiger partial charge is 0.416 e. The van der Waals surface area contributed by atoms with Crippen LogP contribution in [0.5, 0.6) is 0 Å². The first-order valence-electron chi connectivity index (χ1n) is 5.70. The van der Waals surface area contributed by atoms with Gasteiger partial charge >= 0.3 is 6.18 Å². The second-order valence-electron chi connectivity index (χ2n) is 4.15. The van der Waals surface area contributed by atoms with Gasteiger partial charge in [-0.25, -0.2) is 0 Å². The summed E-state index contributed by atoms with van der Waals surface area (Å²) in [7, 11) is 0. The molecule has 0 radical (unpaired) electrons. The minimum absolute atomic E-state index is 0.0879. The predicted molar refractivity (Wildman–Crippen MR) is 66.1 cm³/mol. The molecule has 0 aliphatic heterocycles. The van der Waals surface area contributed by atoms with Gasteiger partial charge in [0.25, 0.3) is 0 Å². The topological polar surface area (TPSA) is 17.1 Å². The van der Waals surface area contributed by atoms with Crippen LogP contribution in [-0.4, -0.2) is 6.29 Å². The van der Waals surface area contributed by atoms with Crippen molar-refractivity contribution in [2.24, 2.45) is 0 Å². The Bertz CT molecular complexity index is 588. The number of carbonyl (C=O) groups is 1. The number of hydrogen-bond acceptors (Lipinski definition) is 1. The lowest BCUT2D eigenvalue weighted by Crippen LogP contribution is -2.09. The number of aldehydes is 1. The zero-order valence-corrected chi connectivity index (χ0v) is 9.95. The first-order valence-corrected chi connectivity index (χ1v) is 5.70. The van der Waals surface area contributed by atoms with Crippen LogP contribution in [0.25, 0.3) is 0 Å². The molecule has 2 aromatic rings. The van der Waals surface area contributed by atoms with E-state index >= 15 is 0 Å². The predicted octanol–water partition coefficient (Wildman–Crippen LogP) is 4.11. The molecule has 0 N–H and O–H groups in total. The number of hydrogen-bond donors (Lipinski definition) is 0. The highest BCUT2D eigenvalue weighted by atomic mass is 19.4. The Labute approximate surface area is 108 Å². The second-order valence-corrected chi connectivity index (χ2v) is 4.15. The molecule has 0 aliphatic rings. The van der Waals surface area contributed by atoms with Gasteiger partial charge in [0.05, 0.1) is 5.56 Å². The molecule has 0 saturated heterocycles. The Morgan fingerprint density at radius 2 is 1.47 bits per heavy atom. The lowest BCUT2D eigenvalue weighted by Gasteiger charge is -2.13. The maximum absolute atomic E-state index is 12.9. The van der Waals surface area contributed by atoms with E-state index in [9.17, 15) is 18.0 Å². The van der Waals surface area contributed by atoms with Crippen molar-refractivity contribution in [1.29, 1.82) is 0 Å². The number of benzene rings is 2. The molecule has 0 saturated carbocycles. The molecule has 4 heteroatoms. The van der Waals surface area contributed by atoms with E-state index in [0.717, 1.165) is 6.07 Å². The van der Waals surface area contributed by atoms with Gasteiger partial charge in [-0.3, -0.25) is 4.79 Å². The van der Waals surface area contributed by atoms with Crippen molar-refractivity contribution in [1.82, 2.24) is 0 Å². The Hall–Kier alpha value is -2.10. The third-order valence-electron chi connectivity index (χ3n) is 2.89. The molecule has 1 nitrogen and oxygen atoms in total. The van der Waals surface area contributed by atoms with E-state index in [1.165, 1.54) is 12.1 Å². The smallest absolute Gasteiger partial charge is 0.298 e. The summed E-state index contributed by atoms with van der Waals surface area (Å²) in [6.45, 7) is 0. The van der Waals surface area contributed by atoms with E-state index in [2.05, 4.69) is 0 Å². The van der Waals surface area contributed by atoms with E-state index in [-0.39, 0.29) is 12.0 Å². The molecule has 0 bridgehead atoms. The van der Waals surface area contributed by atoms with Gasteiger partial charge in [-0.15, -0.1) is 0 Å². The molecule has 0 aromatic heterocycles. The molecular formula is C15H11F3O. The summed E-state index contributed by atoms with van der Waals surface area (Å²) >= 11 is 0. The monoisotopic (exact) mass is 264 g/mol. The van der Waals surface area contributed by atoms with E-state index in [0.29, 0.717) is 17.4 Å². The molecule has 2 aromatic carbocycles. The summed E-state index contributed by atoms with van der Waals surface area (Å²) in [4.78, 5) is 10.9. The van der Waals surface area contributed by atoms with E-state index < -0.39 is 11.7 Å². The molecule has 0 aliphatic carbocycles. The van der Waals surface area contributed by atoms with Gasteiger partial charge in [0.15, 0.2) is 0 Å². The molecule has 0 atom stereocenters. The highest BCUT2D eigenvalue weighted by Gasteiger charge is 2.32. The average Bonchev–Trinajstić information content (AvgIpc) is 2.39. The lowest BCUT2D eigenvalue weighted by molar-refractivity contribution is -0.138. The van der Waals surface area contributed by atoms with Gasteiger partial charge in [0.1, 0.15) is 6.29 Å². The normalized spacial score (nSPS) is 11.3. The molecule has 19 heavy (non-hydrogen) atoms. The summed E-state index contributed by atoms with van der Waals surface area (Å²) in [5.41, 5.74) is 0.522. The standard InChI is InChI=1S/C15H11F3O/c16-15(17,18)14-8-4-3-6-12(14)9-11-5-1-2-7-13(11)10-19/h1-8,10H,9H2. The second kappa shape index (κ2) is 5.26. The number of carbonyl (C=O) groups excluding carboxylic acids is 1. The number of halogens is 3. The molecule has 0 fully saturated rings. The van der Waals surface area contributed by atoms with Gasteiger partial charge in [0, 0.05) is 5.56 Å². The van der Waals surface area contributed by atoms with E-state index in [1.807, 2.05) is 0 Å². The van der Waals surface area contributed by atoms with Crippen LogP contribution in [0, 0.1) is 0 Å². The number of alkyl halides is 3. The van der Waals surface area contributed by atoms with Crippen LogP contribution < -0.4 is 0 Å². The third kappa shape index (κ3) is 3.02. The van der Waals surface area contributed by atoms with Crippen LogP contribution in [0.1, 0.15) is 27.0 Å². The number of rotatable bonds is 3. The average molecular weight is 264 g/mol. The summed E-state index contributed by atoms with van der Waals surface area (Å²) < 4.78 is 38.6. The van der Waals surface area contributed by atoms with Crippen LogP contribution in [0.15, 0.2) is 48.5 Å². The van der Waals surface area contributed by atoms with Crippen molar-refractivity contribution in [2.45, 2.75) is 12.6 Å². The van der Waals surface area contributed by atoms with Gasteiger partial charge in [-0.1, -0.05) is 42.5 Å². The summed E-state index contributed by atoms with van der Waals surface area (Å²) in [5.74, 6) is 0. The van der Waals surface area contributed by atoms with Crippen molar-refractivity contribution in [3.05, 3.63) is 70.8 Å². The minimum atomic E-state index is -4.38. The molecule has 98 valence electrons. The van der Waals surface area contributed by atoms with Gasteiger partial charge < -0.3 is 0 Å². The van der Waals surface area contributed by atoms with Crippen LogP contribution in [0.2, 0.25) is 0 Å². The first-order chi connectivity index (χ1) is 9.02. The highest BCUT2D eigenvalue weighted by molar-refractivity contribution is 5.77. The molecule has 2 rings (SSSR count). The van der Waals surface area contributed by atoms with Crippen LogP contribution in [0.4, 0.5) is 13.2 Å². The minimum Gasteiger partial charge on any atom is -0.298 e. The van der Waals surface area contributed by atoms with Crippen LogP contribution in [-0.2, 0) is 12.6 Å². The van der Waals surface area contributed by atoms with Gasteiger partial charge in [-0.2, -0.15) is 13.2 Å². The third-order valence-corrected chi connectivity index (χ3v) is 2.89. The molecule has 0 amide bonds. The van der Waals surface area contributed by atoms with Crippen molar-refractivity contribution >= 4 is 6.29 Å².